The number of hydrogen-bond acceptors (Lipinski definition) is 2. The van der Waals surface area contributed by atoms with Crippen LogP contribution >= 0.6 is 0 Å². The summed E-state index contributed by atoms with van der Waals surface area (Å²) in [5.41, 5.74) is 0.229. The van der Waals surface area contributed by atoms with Crippen molar-refractivity contribution in [3.05, 3.63) is 0 Å². The van der Waals surface area contributed by atoms with Gasteiger partial charge in [0.05, 0.1) is 5.92 Å². The van der Waals surface area contributed by atoms with Gasteiger partial charge in [0, 0.05) is 19.6 Å². The molecule has 3 nitrogen and oxygen atoms in total. The lowest BCUT2D eigenvalue weighted by Crippen LogP contribution is -2.51. The Kier molecular flexibility index (Phi) is 3.31. The lowest BCUT2D eigenvalue weighted by Gasteiger charge is -2.29. The van der Waals surface area contributed by atoms with Crippen molar-refractivity contribution in [3.8, 4) is 0 Å². The van der Waals surface area contributed by atoms with Gasteiger partial charge in [0.1, 0.15) is 0 Å². The minimum atomic E-state index is 0.209. The Balaban J connectivity index is 2.21. The Hall–Kier alpha value is -0.570. The van der Waals surface area contributed by atoms with Crippen LogP contribution in [-0.4, -0.2) is 25.5 Å². The van der Waals surface area contributed by atoms with E-state index in [1.165, 1.54) is 0 Å². The number of carbonyl (C=O) groups is 1. The van der Waals surface area contributed by atoms with Gasteiger partial charge in [0.15, 0.2) is 0 Å². The SMILES string of the molecule is CCC(C)(C)CNC(=O)C1CNC1. The van der Waals surface area contributed by atoms with E-state index in [9.17, 15) is 4.79 Å². The van der Waals surface area contributed by atoms with E-state index in [4.69, 9.17) is 0 Å². The van der Waals surface area contributed by atoms with E-state index >= 15 is 0 Å². The minimum Gasteiger partial charge on any atom is -0.355 e. The zero-order valence-electron chi connectivity index (χ0n) is 8.81. The summed E-state index contributed by atoms with van der Waals surface area (Å²) < 4.78 is 0. The zero-order valence-corrected chi connectivity index (χ0v) is 8.81. The summed E-state index contributed by atoms with van der Waals surface area (Å²) >= 11 is 0. The zero-order chi connectivity index (χ0) is 9.90. The Labute approximate surface area is 80.3 Å². The average molecular weight is 184 g/mol. The van der Waals surface area contributed by atoms with E-state index in [2.05, 4.69) is 31.4 Å². The summed E-state index contributed by atoms with van der Waals surface area (Å²) in [5.74, 6) is 0.424. The second-order valence-corrected chi connectivity index (χ2v) is 4.59. The van der Waals surface area contributed by atoms with Gasteiger partial charge >= 0.3 is 0 Å². The number of rotatable bonds is 4. The average Bonchev–Trinajstić information content (AvgIpc) is 1.98. The molecular weight excluding hydrogens is 164 g/mol. The van der Waals surface area contributed by atoms with Crippen molar-refractivity contribution < 1.29 is 4.79 Å². The molecule has 1 aliphatic rings. The summed E-state index contributed by atoms with van der Waals surface area (Å²) in [6, 6.07) is 0. The molecule has 0 atom stereocenters. The van der Waals surface area contributed by atoms with Gasteiger partial charge in [0.2, 0.25) is 5.91 Å². The van der Waals surface area contributed by atoms with Crippen LogP contribution in [-0.2, 0) is 4.79 Å². The minimum absolute atomic E-state index is 0.209. The van der Waals surface area contributed by atoms with Crippen molar-refractivity contribution in [2.75, 3.05) is 19.6 Å². The molecule has 76 valence electrons. The van der Waals surface area contributed by atoms with E-state index in [-0.39, 0.29) is 17.2 Å². The number of amides is 1. The molecule has 0 spiro atoms. The van der Waals surface area contributed by atoms with Crippen LogP contribution in [0.1, 0.15) is 27.2 Å². The van der Waals surface area contributed by atoms with Crippen molar-refractivity contribution in [1.29, 1.82) is 0 Å². The van der Waals surface area contributed by atoms with Crippen LogP contribution in [0.25, 0.3) is 0 Å². The van der Waals surface area contributed by atoms with E-state index in [0.717, 1.165) is 26.1 Å². The molecule has 0 saturated carbocycles. The van der Waals surface area contributed by atoms with Crippen LogP contribution in [0.2, 0.25) is 0 Å². The van der Waals surface area contributed by atoms with E-state index in [0.29, 0.717) is 0 Å². The van der Waals surface area contributed by atoms with Crippen molar-refractivity contribution >= 4 is 5.91 Å². The highest BCUT2D eigenvalue weighted by atomic mass is 16.2. The predicted molar refractivity (Wildman–Crippen MR) is 53.4 cm³/mol. The predicted octanol–water partition coefficient (Wildman–Crippen LogP) is 0.758. The highest BCUT2D eigenvalue weighted by Gasteiger charge is 2.26. The number of nitrogens with one attached hydrogen (secondary N) is 2. The molecule has 0 radical (unpaired) electrons. The maximum absolute atomic E-state index is 11.4. The van der Waals surface area contributed by atoms with Gasteiger partial charge in [-0.05, 0) is 11.8 Å². The second kappa shape index (κ2) is 4.09. The van der Waals surface area contributed by atoms with Gasteiger partial charge in [-0.3, -0.25) is 4.79 Å². The molecule has 1 saturated heterocycles. The summed E-state index contributed by atoms with van der Waals surface area (Å²) in [4.78, 5) is 11.4. The fourth-order valence-corrected chi connectivity index (χ4v) is 1.07. The molecule has 2 N–H and O–H groups in total. The second-order valence-electron chi connectivity index (χ2n) is 4.59. The first-order valence-electron chi connectivity index (χ1n) is 5.03. The molecule has 0 aliphatic carbocycles. The van der Waals surface area contributed by atoms with E-state index < -0.39 is 0 Å². The van der Waals surface area contributed by atoms with Crippen LogP contribution in [0.5, 0.6) is 0 Å². The maximum Gasteiger partial charge on any atom is 0.225 e. The van der Waals surface area contributed by atoms with Gasteiger partial charge in [-0.1, -0.05) is 20.8 Å². The summed E-state index contributed by atoms with van der Waals surface area (Å²) in [6.07, 6.45) is 1.09. The van der Waals surface area contributed by atoms with E-state index in [1.54, 1.807) is 0 Å². The van der Waals surface area contributed by atoms with Crippen LogP contribution in [0.15, 0.2) is 0 Å². The Morgan fingerprint density at radius 3 is 2.54 bits per heavy atom. The van der Waals surface area contributed by atoms with Crippen molar-refractivity contribution in [3.63, 3.8) is 0 Å². The first-order chi connectivity index (χ1) is 6.05. The van der Waals surface area contributed by atoms with Gasteiger partial charge < -0.3 is 10.6 Å². The molecule has 0 aromatic carbocycles. The molecule has 0 unspecified atom stereocenters. The van der Waals surface area contributed by atoms with Crippen LogP contribution < -0.4 is 10.6 Å². The number of hydrogen-bond donors (Lipinski definition) is 2. The van der Waals surface area contributed by atoms with Crippen LogP contribution in [0, 0.1) is 11.3 Å². The Morgan fingerprint density at radius 1 is 1.54 bits per heavy atom. The quantitative estimate of drug-likeness (QED) is 0.677. The Bertz CT molecular complexity index is 185. The molecule has 1 amide bonds. The first-order valence-corrected chi connectivity index (χ1v) is 5.03. The molecule has 0 bridgehead atoms. The molecule has 13 heavy (non-hydrogen) atoms. The third kappa shape index (κ3) is 2.99. The van der Waals surface area contributed by atoms with Crippen molar-refractivity contribution in [1.82, 2.24) is 10.6 Å². The molecule has 0 aromatic rings. The van der Waals surface area contributed by atoms with Gasteiger partial charge in [0.25, 0.3) is 0 Å². The smallest absolute Gasteiger partial charge is 0.225 e. The largest absolute Gasteiger partial charge is 0.355 e. The summed E-state index contributed by atoms with van der Waals surface area (Å²) in [6.45, 7) is 8.98. The van der Waals surface area contributed by atoms with Crippen molar-refractivity contribution in [2.24, 2.45) is 11.3 Å². The lowest BCUT2D eigenvalue weighted by atomic mass is 9.90. The monoisotopic (exact) mass is 184 g/mol. The first kappa shape index (κ1) is 10.5. The van der Waals surface area contributed by atoms with Crippen LogP contribution in [0.4, 0.5) is 0 Å². The molecular formula is C10H20N2O. The molecule has 1 heterocycles. The fourth-order valence-electron chi connectivity index (χ4n) is 1.07. The molecule has 1 aliphatic heterocycles. The lowest BCUT2D eigenvalue weighted by molar-refractivity contribution is -0.126. The fraction of sp³-hybridized carbons (Fsp3) is 0.900. The standard InChI is InChI=1S/C10H20N2O/c1-4-10(2,3)7-12-9(13)8-5-11-6-8/h8,11H,4-7H2,1-3H3,(H,12,13). The highest BCUT2D eigenvalue weighted by molar-refractivity contribution is 5.80. The van der Waals surface area contributed by atoms with Crippen LogP contribution in [0.3, 0.4) is 0 Å². The molecule has 1 rings (SSSR count). The summed E-state index contributed by atoms with van der Waals surface area (Å²) in [5, 5.41) is 6.09. The third-order valence-electron chi connectivity index (χ3n) is 2.85. The van der Waals surface area contributed by atoms with Gasteiger partial charge in [-0.15, -0.1) is 0 Å². The normalized spacial score (nSPS) is 18.1. The van der Waals surface area contributed by atoms with Gasteiger partial charge in [-0.25, -0.2) is 0 Å². The van der Waals surface area contributed by atoms with E-state index in [1.807, 2.05) is 0 Å². The Morgan fingerprint density at radius 2 is 2.15 bits per heavy atom. The molecule has 1 fully saturated rings. The topological polar surface area (TPSA) is 41.1 Å². The van der Waals surface area contributed by atoms with Gasteiger partial charge in [-0.2, -0.15) is 0 Å². The highest BCUT2D eigenvalue weighted by Crippen LogP contribution is 2.18. The third-order valence-corrected chi connectivity index (χ3v) is 2.85. The van der Waals surface area contributed by atoms with Crippen molar-refractivity contribution in [2.45, 2.75) is 27.2 Å². The summed E-state index contributed by atoms with van der Waals surface area (Å²) in [7, 11) is 0. The number of carbonyl (C=O) groups excluding carboxylic acids is 1. The molecule has 0 aromatic heterocycles. The molecule has 3 heteroatoms. The maximum atomic E-state index is 11.4.